The Kier molecular flexibility index (Phi) is 5.69. The van der Waals surface area contributed by atoms with Crippen LogP contribution in [-0.4, -0.2) is 46.3 Å². The number of rotatable bonds is 5. The molecule has 0 saturated carbocycles. The van der Waals surface area contributed by atoms with Crippen molar-refractivity contribution in [1.82, 2.24) is 9.97 Å². The van der Waals surface area contributed by atoms with Crippen LogP contribution in [0.1, 0.15) is 0 Å². The van der Waals surface area contributed by atoms with Crippen molar-refractivity contribution in [2.45, 2.75) is 0 Å². The molecule has 0 saturated heterocycles. The van der Waals surface area contributed by atoms with E-state index in [4.69, 9.17) is 4.74 Å². The summed E-state index contributed by atoms with van der Waals surface area (Å²) in [7, 11) is 1.55. The predicted molar refractivity (Wildman–Crippen MR) is 84.0 cm³/mol. The Morgan fingerprint density at radius 2 is 2.27 bits per heavy atom. The summed E-state index contributed by atoms with van der Waals surface area (Å²) in [6, 6.07) is 1.32. The maximum atomic E-state index is 13.2. The van der Waals surface area contributed by atoms with Gasteiger partial charge < -0.3 is 9.29 Å². The van der Waals surface area contributed by atoms with E-state index in [1.54, 1.807) is 13.3 Å². The lowest BCUT2D eigenvalue weighted by Crippen LogP contribution is -2.28. The van der Waals surface area contributed by atoms with Gasteiger partial charge in [-0.15, -0.1) is 0 Å². The van der Waals surface area contributed by atoms with Crippen molar-refractivity contribution in [3.05, 3.63) is 30.5 Å². The monoisotopic (exact) mass is 343 g/mol. The highest BCUT2D eigenvalue weighted by Crippen LogP contribution is 2.30. The molecule has 2 rings (SSSR count). The number of anilines is 1. The average molecular weight is 343 g/mol. The van der Waals surface area contributed by atoms with Gasteiger partial charge in [0.2, 0.25) is 0 Å². The van der Waals surface area contributed by atoms with Gasteiger partial charge in [0.15, 0.2) is 0 Å². The van der Waals surface area contributed by atoms with Gasteiger partial charge in [0, 0.05) is 18.8 Å². The lowest BCUT2D eigenvalue weighted by atomic mass is 10.3. The minimum absolute atomic E-state index is 0.0890. The van der Waals surface area contributed by atoms with Crippen LogP contribution in [0.2, 0.25) is 0 Å². The van der Waals surface area contributed by atoms with E-state index < -0.39 is 23.1 Å². The SMILES string of the molecule is CN(C(=O)OCC[S+](C)[O-])c1cnc(-c2cncc(F)c2)s1. The number of carbonyl (C=O) groups is 1. The lowest BCUT2D eigenvalue weighted by molar-refractivity contribution is 0.162. The summed E-state index contributed by atoms with van der Waals surface area (Å²) in [6.07, 6.45) is 5.10. The Balaban J connectivity index is 2.02. The zero-order chi connectivity index (χ0) is 16.1. The van der Waals surface area contributed by atoms with Crippen molar-refractivity contribution < 1.29 is 18.5 Å². The maximum Gasteiger partial charge on any atom is 0.414 e. The number of ether oxygens (including phenoxy) is 1. The quantitative estimate of drug-likeness (QED) is 0.779. The van der Waals surface area contributed by atoms with E-state index in [-0.39, 0.29) is 6.61 Å². The molecule has 0 bridgehead atoms. The second kappa shape index (κ2) is 7.52. The van der Waals surface area contributed by atoms with Gasteiger partial charge in [-0.2, -0.15) is 0 Å². The number of aromatic nitrogens is 2. The molecular formula is C13H14FN3O3S2. The standard InChI is InChI=1S/C13H14FN3O3S2/c1-17(13(18)20-3-4-22(2)19)11-8-16-12(21-11)9-5-10(14)7-15-6-9/h5-8H,3-4H2,1-2H3. The Bertz CT molecular complexity index is 651. The number of amides is 1. The number of hydrogen-bond acceptors (Lipinski definition) is 6. The number of hydrogen-bond donors (Lipinski definition) is 0. The molecule has 0 fully saturated rings. The van der Waals surface area contributed by atoms with Gasteiger partial charge in [0.05, 0.1) is 18.6 Å². The summed E-state index contributed by atoms with van der Waals surface area (Å²) >= 11 is 0.207. The molecule has 9 heteroatoms. The topological polar surface area (TPSA) is 78.4 Å². The molecule has 0 aliphatic rings. The van der Waals surface area contributed by atoms with Crippen molar-refractivity contribution >= 4 is 33.6 Å². The molecule has 1 unspecified atom stereocenters. The summed E-state index contributed by atoms with van der Waals surface area (Å²) in [4.78, 5) is 21.1. The van der Waals surface area contributed by atoms with E-state index in [9.17, 15) is 13.7 Å². The highest BCUT2D eigenvalue weighted by atomic mass is 32.2. The van der Waals surface area contributed by atoms with Crippen LogP contribution >= 0.6 is 11.3 Å². The summed E-state index contributed by atoms with van der Waals surface area (Å²) in [5.74, 6) is -0.155. The largest absolute Gasteiger partial charge is 0.616 e. The van der Waals surface area contributed by atoms with Gasteiger partial charge >= 0.3 is 6.09 Å². The van der Waals surface area contributed by atoms with Crippen LogP contribution in [0, 0.1) is 5.82 Å². The number of thiazole rings is 1. The van der Waals surface area contributed by atoms with E-state index in [0.717, 1.165) is 6.20 Å². The van der Waals surface area contributed by atoms with Crippen LogP contribution in [0.15, 0.2) is 24.7 Å². The Morgan fingerprint density at radius 3 is 2.95 bits per heavy atom. The smallest absolute Gasteiger partial charge is 0.414 e. The van der Waals surface area contributed by atoms with E-state index in [2.05, 4.69) is 9.97 Å². The number of halogens is 1. The molecule has 0 aliphatic heterocycles. The summed E-state index contributed by atoms with van der Waals surface area (Å²) in [5, 5.41) is 1.11. The predicted octanol–water partition coefficient (Wildman–Crippen LogP) is 2.30. The van der Waals surface area contributed by atoms with Gasteiger partial charge in [-0.05, 0) is 6.07 Å². The molecule has 0 aliphatic carbocycles. The minimum Gasteiger partial charge on any atom is -0.616 e. The zero-order valence-electron chi connectivity index (χ0n) is 12.0. The molecule has 0 N–H and O–H groups in total. The number of nitrogens with zero attached hydrogens (tertiary/aromatic N) is 3. The number of pyridine rings is 1. The third-order valence-electron chi connectivity index (χ3n) is 2.65. The molecule has 2 heterocycles. The van der Waals surface area contributed by atoms with E-state index >= 15 is 0 Å². The molecule has 118 valence electrons. The molecule has 0 radical (unpaired) electrons. The van der Waals surface area contributed by atoms with Crippen LogP contribution in [-0.2, 0) is 15.9 Å². The van der Waals surface area contributed by atoms with Crippen molar-refractivity contribution in [1.29, 1.82) is 0 Å². The molecule has 22 heavy (non-hydrogen) atoms. The van der Waals surface area contributed by atoms with Gasteiger partial charge in [-0.25, -0.2) is 14.2 Å². The van der Waals surface area contributed by atoms with Crippen LogP contribution in [0.3, 0.4) is 0 Å². The summed E-state index contributed by atoms with van der Waals surface area (Å²) < 4.78 is 29.1. The Morgan fingerprint density at radius 1 is 1.50 bits per heavy atom. The van der Waals surface area contributed by atoms with Crippen molar-refractivity contribution in [2.75, 3.05) is 30.6 Å². The summed E-state index contributed by atoms with van der Waals surface area (Å²) in [6.45, 7) is 0.0890. The van der Waals surface area contributed by atoms with Crippen LogP contribution in [0.4, 0.5) is 14.2 Å². The highest BCUT2D eigenvalue weighted by Gasteiger charge is 2.16. The Hall–Kier alpha value is -1.71. The summed E-state index contributed by atoms with van der Waals surface area (Å²) in [5.41, 5.74) is 0.541. The highest BCUT2D eigenvalue weighted by molar-refractivity contribution is 7.90. The second-order valence-electron chi connectivity index (χ2n) is 4.35. The first-order valence-electron chi connectivity index (χ1n) is 6.24. The molecule has 0 spiro atoms. The van der Waals surface area contributed by atoms with Crippen LogP contribution in [0.5, 0.6) is 0 Å². The fraction of sp³-hybridized carbons (Fsp3) is 0.308. The molecule has 1 amide bonds. The van der Waals surface area contributed by atoms with Crippen molar-refractivity contribution in [2.24, 2.45) is 0 Å². The first kappa shape index (κ1) is 16.7. The zero-order valence-corrected chi connectivity index (χ0v) is 13.6. The molecule has 1 atom stereocenters. The molecule has 0 aromatic carbocycles. The van der Waals surface area contributed by atoms with Crippen LogP contribution in [0.25, 0.3) is 10.6 Å². The van der Waals surface area contributed by atoms with Crippen molar-refractivity contribution in [3.63, 3.8) is 0 Å². The first-order chi connectivity index (χ1) is 10.5. The Labute approximate surface area is 134 Å². The van der Waals surface area contributed by atoms with Gasteiger partial charge in [-0.1, -0.05) is 22.5 Å². The second-order valence-corrected chi connectivity index (χ2v) is 6.91. The third kappa shape index (κ3) is 4.39. The fourth-order valence-electron chi connectivity index (χ4n) is 1.52. The third-order valence-corrected chi connectivity index (χ3v) is 4.51. The minimum atomic E-state index is -1.01. The molecule has 2 aromatic heterocycles. The van der Waals surface area contributed by atoms with E-state index in [1.807, 2.05) is 0 Å². The average Bonchev–Trinajstić information content (AvgIpc) is 2.95. The maximum absolute atomic E-state index is 13.2. The van der Waals surface area contributed by atoms with Gasteiger partial charge in [-0.3, -0.25) is 9.88 Å². The van der Waals surface area contributed by atoms with Crippen molar-refractivity contribution in [3.8, 4) is 10.6 Å². The number of carbonyl (C=O) groups excluding carboxylic acids is 1. The molecule has 2 aromatic rings. The van der Waals surface area contributed by atoms with Crippen LogP contribution < -0.4 is 4.90 Å². The lowest BCUT2D eigenvalue weighted by Gasteiger charge is -2.14. The van der Waals surface area contributed by atoms with E-state index in [1.165, 1.54) is 34.7 Å². The van der Waals surface area contributed by atoms with E-state index in [0.29, 0.717) is 21.3 Å². The molecule has 6 nitrogen and oxygen atoms in total. The normalized spacial score (nSPS) is 12.0. The van der Waals surface area contributed by atoms with Gasteiger partial charge in [0.25, 0.3) is 0 Å². The molecular weight excluding hydrogens is 329 g/mol. The fourth-order valence-corrected chi connectivity index (χ4v) is 2.68. The first-order valence-corrected chi connectivity index (χ1v) is 8.79. The van der Waals surface area contributed by atoms with Gasteiger partial charge in [0.1, 0.15) is 28.2 Å².